The standard InChI is InChI=1S/C8H17O.3C4H4F5.Sn/c1-2-3-4-5-6-7-8-9;3*5-3(6)1-2-4(7,8)9;/h2-8H2,1H3;3*1-2H2;/q-1;;;;+1. The third-order valence-corrected chi connectivity index (χ3v) is 18.3. The van der Waals surface area contributed by atoms with Crippen LogP contribution in [0, 0.1) is 0 Å². The molecule has 0 radical (unpaired) electrons. The molecule has 0 aliphatic heterocycles. The third-order valence-electron chi connectivity index (χ3n) is 5.53. The van der Waals surface area contributed by atoms with Gasteiger partial charge in [0.15, 0.2) is 0 Å². The van der Waals surface area contributed by atoms with E-state index in [0.717, 1.165) is 6.42 Å². The van der Waals surface area contributed by atoms with Crippen LogP contribution in [0.25, 0.3) is 0 Å². The summed E-state index contributed by atoms with van der Waals surface area (Å²) < 4.78 is 192. The van der Waals surface area contributed by atoms with Gasteiger partial charge in [0.05, 0.1) is 0 Å². The molecule has 0 saturated heterocycles. The third kappa shape index (κ3) is 12.2. The molecule has 224 valence electrons. The van der Waals surface area contributed by atoms with Crippen LogP contribution in [0.4, 0.5) is 65.9 Å². The minimum atomic E-state index is -8.95. The van der Waals surface area contributed by atoms with Crippen molar-refractivity contribution in [2.24, 2.45) is 0 Å². The van der Waals surface area contributed by atoms with Gasteiger partial charge in [0.25, 0.3) is 0 Å². The minimum absolute atomic E-state index is 0.0539. The van der Waals surface area contributed by atoms with Gasteiger partial charge >= 0.3 is 209 Å². The average Bonchev–Trinajstić information content (AvgIpc) is 2.70. The van der Waals surface area contributed by atoms with Crippen LogP contribution < -0.4 is 0 Å². The van der Waals surface area contributed by atoms with Crippen LogP contribution in [-0.2, 0) is 3.07 Å². The Balaban J connectivity index is 6.56. The molecule has 1 nitrogen and oxygen atoms in total. The first kappa shape index (κ1) is 36.7. The summed E-state index contributed by atoms with van der Waals surface area (Å²) in [4.78, 5) is 0. The van der Waals surface area contributed by atoms with E-state index in [1.807, 2.05) is 6.92 Å². The average molecular weight is 689 g/mol. The van der Waals surface area contributed by atoms with Gasteiger partial charge < -0.3 is 0 Å². The van der Waals surface area contributed by atoms with Gasteiger partial charge in [-0.05, 0) is 0 Å². The van der Waals surface area contributed by atoms with Gasteiger partial charge in [-0.25, -0.2) is 0 Å². The maximum absolute atomic E-state index is 15.1. The van der Waals surface area contributed by atoms with Gasteiger partial charge in [-0.3, -0.25) is 0 Å². The van der Waals surface area contributed by atoms with Gasteiger partial charge in [-0.15, -0.1) is 0 Å². The molecular formula is C20H29F15OSn. The zero-order valence-electron chi connectivity index (χ0n) is 19.8. The summed E-state index contributed by atoms with van der Waals surface area (Å²) >= 11 is -8.95. The Morgan fingerprint density at radius 3 is 1.03 bits per heavy atom. The summed E-state index contributed by atoms with van der Waals surface area (Å²) in [6.45, 7) is 0.522. The van der Waals surface area contributed by atoms with E-state index in [0.29, 0.717) is 19.3 Å². The Morgan fingerprint density at radius 1 is 0.432 bits per heavy atom. The van der Waals surface area contributed by atoms with Crippen LogP contribution in [0.15, 0.2) is 0 Å². The van der Waals surface area contributed by atoms with E-state index >= 15 is 26.3 Å². The van der Waals surface area contributed by atoms with Crippen LogP contribution in [0.3, 0.4) is 0 Å². The van der Waals surface area contributed by atoms with E-state index in [1.165, 1.54) is 0 Å². The van der Waals surface area contributed by atoms with Crippen LogP contribution in [0.5, 0.6) is 0 Å². The molecule has 0 rings (SSSR count). The first-order chi connectivity index (χ1) is 16.4. The number of unbranched alkanes of at least 4 members (excludes halogenated alkanes) is 5. The summed E-state index contributed by atoms with van der Waals surface area (Å²) in [7, 11) is 0. The van der Waals surface area contributed by atoms with Crippen molar-refractivity contribution in [2.45, 2.75) is 114 Å². The van der Waals surface area contributed by atoms with Crippen molar-refractivity contribution in [3.8, 4) is 0 Å². The molecule has 0 amide bonds. The van der Waals surface area contributed by atoms with Gasteiger partial charge in [-0.1, -0.05) is 0 Å². The van der Waals surface area contributed by atoms with Crippen molar-refractivity contribution in [3.63, 3.8) is 0 Å². The van der Waals surface area contributed by atoms with Crippen molar-refractivity contribution in [2.75, 3.05) is 6.61 Å². The van der Waals surface area contributed by atoms with Crippen molar-refractivity contribution in [3.05, 3.63) is 0 Å². The zero-order chi connectivity index (χ0) is 29.4. The molecule has 0 heterocycles. The Labute approximate surface area is 208 Å². The number of rotatable bonds is 17. The summed E-state index contributed by atoms with van der Waals surface area (Å²) in [5.41, 5.74) is 0. The maximum atomic E-state index is 15.1. The molecule has 0 saturated carbocycles. The van der Waals surface area contributed by atoms with E-state index in [4.69, 9.17) is 0 Å². The van der Waals surface area contributed by atoms with Gasteiger partial charge in [0.1, 0.15) is 0 Å². The Bertz CT molecular complexity index is 582. The van der Waals surface area contributed by atoms with E-state index < -0.39 is 101 Å². The van der Waals surface area contributed by atoms with Crippen molar-refractivity contribution in [1.29, 1.82) is 0 Å². The molecule has 0 unspecified atom stereocenters. The predicted molar refractivity (Wildman–Crippen MR) is 106 cm³/mol. The summed E-state index contributed by atoms with van der Waals surface area (Å²) in [5.74, 6) is 0. The van der Waals surface area contributed by atoms with Crippen LogP contribution >= 0.6 is 0 Å². The Kier molecular flexibility index (Phi) is 13.8. The fraction of sp³-hybridized carbons (Fsp3) is 1.00. The number of hydrogen-bond donors (Lipinski definition) is 0. The van der Waals surface area contributed by atoms with Gasteiger partial charge in [-0.2, -0.15) is 0 Å². The van der Waals surface area contributed by atoms with Crippen LogP contribution in [0.2, 0.25) is 0 Å². The molecule has 0 aliphatic carbocycles. The van der Waals surface area contributed by atoms with Crippen molar-refractivity contribution in [1.82, 2.24) is 0 Å². The normalized spacial score (nSPS) is 14.9. The monoisotopic (exact) mass is 690 g/mol. The predicted octanol–water partition coefficient (Wildman–Crippen LogP) is 9.86. The summed E-state index contributed by atoms with van der Waals surface area (Å²) in [6, 6.07) is 0. The van der Waals surface area contributed by atoms with E-state index in [2.05, 4.69) is 3.07 Å². The molecule has 17 heteroatoms. The molecule has 0 aromatic carbocycles. The Morgan fingerprint density at radius 2 is 0.730 bits per heavy atom. The van der Waals surface area contributed by atoms with Crippen LogP contribution in [0.1, 0.15) is 84.0 Å². The second kappa shape index (κ2) is 13.9. The van der Waals surface area contributed by atoms with Gasteiger partial charge in [0, 0.05) is 0 Å². The summed E-state index contributed by atoms with van der Waals surface area (Å²) in [6.07, 6.45) is -30.2. The zero-order valence-corrected chi connectivity index (χ0v) is 22.6. The SMILES string of the molecule is CCCCCCCC[O][Sn]([C](F)(F)CCC(F)(F)F)([C](F)(F)CCC(F)(F)F)[C](F)(F)CCC(F)(F)F. The molecule has 37 heavy (non-hydrogen) atoms. The molecule has 0 atom stereocenters. The first-order valence-corrected chi connectivity index (χ1v) is 16.9. The van der Waals surface area contributed by atoms with E-state index in [-0.39, 0.29) is 6.42 Å². The number of hydrogen-bond acceptors (Lipinski definition) is 1. The van der Waals surface area contributed by atoms with Crippen molar-refractivity contribution >= 4 is 18.8 Å². The quantitative estimate of drug-likeness (QED) is 0.0840. The topological polar surface area (TPSA) is 9.23 Å². The van der Waals surface area contributed by atoms with Crippen molar-refractivity contribution < 1.29 is 68.9 Å². The number of halogens is 15. The Hall–Kier alpha value is -0.291. The molecule has 0 aliphatic rings. The molecule has 0 N–H and O–H groups in total. The van der Waals surface area contributed by atoms with Crippen LogP contribution in [-0.4, -0.2) is 55.7 Å². The fourth-order valence-corrected chi connectivity index (χ4v) is 15.4. The molecule has 0 bridgehead atoms. The molecule has 0 fully saturated rings. The molecule has 0 aromatic rings. The second-order valence-electron chi connectivity index (χ2n) is 8.76. The number of alkyl halides is 15. The second-order valence-corrected chi connectivity index (χ2v) is 19.7. The molecular weight excluding hydrogens is 660 g/mol. The van der Waals surface area contributed by atoms with Gasteiger partial charge in [0.2, 0.25) is 0 Å². The first-order valence-electron chi connectivity index (χ1n) is 11.4. The molecule has 0 spiro atoms. The van der Waals surface area contributed by atoms with E-state index in [1.54, 1.807) is 0 Å². The molecule has 0 aromatic heterocycles. The summed E-state index contributed by atoms with van der Waals surface area (Å²) in [5, 5.41) is 0. The fourth-order valence-electron chi connectivity index (χ4n) is 3.65. The van der Waals surface area contributed by atoms with E-state index in [9.17, 15) is 39.5 Å².